The second-order valence-electron chi connectivity index (χ2n) is 3.65. The number of Topliss-reactive ketones (excluding diaryl/α,β-unsaturated/α-hetero) is 1. The summed E-state index contributed by atoms with van der Waals surface area (Å²) in [6.45, 7) is 1.30. The van der Waals surface area contributed by atoms with Crippen molar-refractivity contribution in [2.24, 2.45) is 0 Å². The summed E-state index contributed by atoms with van der Waals surface area (Å²) in [6, 6.07) is 7.52. The normalized spacial score (nSPS) is 8.43. The number of nitro groups is 1. The van der Waals surface area contributed by atoms with Crippen LogP contribution in [0.4, 0.5) is 5.69 Å². The zero-order chi connectivity index (χ0) is 12.6. The molecule has 0 unspecified atom stereocenters. The van der Waals surface area contributed by atoms with Gasteiger partial charge in [0, 0.05) is 24.6 Å². The van der Waals surface area contributed by atoms with Crippen LogP contribution in [-0.4, -0.2) is 15.8 Å². The Morgan fingerprint density at radius 2 is 1.71 bits per heavy atom. The number of fused-ring (bicyclic) bond motifs is 1. The largest absolute Gasteiger partial charge is 1.00 e. The molecule has 21 heavy (non-hydrogen) atoms. The minimum Gasteiger partial charge on any atom is -1.00 e. The topological polar surface area (TPSA) is 80.4 Å². The molecule has 0 aliphatic heterocycles. The van der Waals surface area contributed by atoms with Crippen LogP contribution in [0.1, 0.15) is 17.3 Å². The van der Waals surface area contributed by atoms with Crippen LogP contribution in [0, 0.1) is 10.1 Å². The molecule has 0 saturated heterocycles. The number of non-ortho nitro benzene ring substituents is 1. The summed E-state index contributed by atoms with van der Waals surface area (Å²) in [5.74, 6) is -0.662. The Morgan fingerprint density at radius 3 is 2.19 bits per heavy atom. The van der Waals surface area contributed by atoms with E-state index in [-0.39, 0.29) is 83.9 Å². The number of hydrogen-bond acceptors (Lipinski definition) is 4. The van der Waals surface area contributed by atoms with E-state index in [2.05, 4.69) is 0 Å². The molecule has 0 aromatic heterocycles. The van der Waals surface area contributed by atoms with Crippen LogP contribution in [0.15, 0.2) is 30.3 Å². The van der Waals surface area contributed by atoms with Crippen LogP contribution in [-0.2, 0) is 18.6 Å². The molecule has 2 aromatic rings. The summed E-state index contributed by atoms with van der Waals surface area (Å²) < 4.78 is 0. The first kappa shape index (κ1) is 25.0. The van der Waals surface area contributed by atoms with Crippen molar-refractivity contribution < 1.29 is 70.6 Å². The van der Waals surface area contributed by atoms with E-state index < -0.39 is 4.92 Å². The first-order chi connectivity index (χ1) is 8.02. The first-order valence-corrected chi connectivity index (χ1v) is 4.92. The van der Waals surface area contributed by atoms with E-state index in [1.54, 1.807) is 12.1 Å². The summed E-state index contributed by atoms with van der Waals surface area (Å²) in [6.07, 6.45) is 0. The van der Waals surface area contributed by atoms with Gasteiger partial charge < -0.3 is 42.3 Å². The van der Waals surface area contributed by atoms with Gasteiger partial charge in [0.25, 0.3) is 5.69 Å². The molecule has 0 aliphatic rings. The van der Waals surface area contributed by atoms with Gasteiger partial charge in [-0.1, -0.05) is 18.2 Å². The van der Waals surface area contributed by atoms with Crippen molar-refractivity contribution in [3.8, 4) is 5.75 Å². The van der Waals surface area contributed by atoms with E-state index >= 15 is 0 Å². The maximum Gasteiger partial charge on any atom is 0.280 e. The number of carbonyl (C=O) groups excluding carboxylic acids is 1. The molecule has 0 fully saturated rings. The quantitative estimate of drug-likeness (QED) is 0.315. The van der Waals surface area contributed by atoms with Gasteiger partial charge in [0.2, 0.25) is 0 Å². The van der Waals surface area contributed by atoms with Gasteiger partial charge in [-0.3, -0.25) is 14.9 Å². The third-order valence-corrected chi connectivity index (χ3v) is 2.57. The third-order valence-electron chi connectivity index (χ3n) is 2.57. The number of ketones is 1. The number of nitro benzene ring substituents is 1. The van der Waals surface area contributed by atoms with Crippen LogP contribution in [0.2, 0.25) is 0 Å². The van der Waals surface area contributed by atoms with Crippen LogP contribution in [0.25, 0.3) is 10.8 Å². The van der Waals surface area contributed by atoms with Crippen molar-refractivity contribution in [1.29, 1.82) is 0 Å². The number of carbonyl (C=O) groups is 1. The van der Waals surface area contributed by atoms with Gasteiger partial charge in [-0.25, -0.2) is 0 Å². The Hall–Kier alpha value is -0.976. The van der Waals surface area contributed by atoms with Gasteiger partial charge in [-0.05, 0) is 18.4 Å². The van der Waals surface area contributed by atoms with Crippen LogP contribution in [0.5, 0.6) is 5.75 Å². The van der Waals surface area contributed by atoms with Gasteiger partial charge >= 0.3 is 0 Å². The van der Waals surface area contributed by atoms with Crippen molar-refractivity contribution in [3.05, 3.63) is 46.0 Å². The number of aromatic hydroxyl groups is 1. The molecule has 0 spiro atoms. The van der Waals surface area contributed by atoms with Gasteiger partial charge in [0.1, 0.15) is 11.1 Å². The van der Waals surface area contributed by atoms with Crippen molar-refractivity contribution in [3.63, 3.8) is 0 Å². The summed E-state index contributed by atoms with van der Waals surface area (Å²) >= 11 is 0. The van der Waals surface area contributed by atoms with E-state index in [9.17, 15) is 20.0 Å². The number of phenolic OH excluding ortho intramolecular Hbond substituents is 1. The standard InChI is InChI=1S/C12H9NO4.3ClH.V/c1-7(14)9-6-5-8-3-2-4-10(13(16)17)11(8)12(9)15;;;;/h2-6,15H,1H3;3*1H;/p-3. The van der Waals surface area contributed by atoms with Crippen molar-refractivity contribution in [2.45, 2.75) is 6.92 Å². The van der Waals surface area contributed by atoms with Crippen molar-refractivity contribution in [1.82, 2.24) is 0 Å². The molecule has 5 nitrogen and oxygen atoms in total. The predicted octanol–water partition coefficient (Wildman–Crippen LogP) is -6.33. The van der Waals surface area contributed by atoms with E-state index in [1.165, 1.54) is 25.1 Å². The number of phenols is 1. The molecule has 9 heteroatoms. The second-order valence-corrected chi connectivity index (χ2v) is 3.65. The molecular weight excluding hydrogens is 379 g/mol. The molecule has 2 rings (SSSR count). The van der Waals surface area contributed by atoms with E-state index in [0.717, 1.165) is 0 Å². The van der Waals surface area contributed by atoms with Crippen molar-refractivity contribution in [2.75, 3.05) is 0 Å². The van der Waals surface area contributed by atoms with Crippen LogP contribution in [0.3, 0.4) is 0 Å². The fourth-order valence-electron chi connectivity index (χ4n) is 1.78. The first-order valence-electron chi connectivity index (χ1n) is 4.92. The van der Waals surface area contributed by atoms with Crippen molar-refractivity contribution >= 4 is 22.2 Å². The zero-order valence-corrected chi connectivity index (χ0v) is 14.3. The van der Waals surface area contributed by atoms with E-state index in [0.29, 0.717) is 5.39 Å². The zero-order valence-electron chi connectivity index (χ0n) is 10.6. The third kappa shape index (κ3) is 4.76. The summed E-state index contributed by atoms with van der Waals surface area (Å²) in [5.41, 5.74) is -0.116. The molecule has 0 amide bonds. The number of benzene rings is 2. The predicted molar refractivity (Wildman–Crippen MR) is 62.3 cm³/mol. The maximum atomic E-state index is 11.3. The molecule has 0 atom stereocenters. The average Bonchev–Trinajstić information content (AvgIpc) is 2.28. The van der Waals surface area contributed by atoms with E-state index in [1.807, 2.05) is 0 Å². The van der Waals surface area contributed by atoms with Gasteiger partial charge in [-0.15, -0.1) is 0 Å². The Bertz CT molecular complexity index is 652. The molecule has 0 aliphatic carbocycles. The van der Waals surface area contributed by atoms with Crippen LogP contribution >= 0.6 is 0 Å². The maximum absolute atomic E-state index is 11.3. The molecule has 0 heterocycles. The Morgan fingerprint density at radius 1 is 1.14 bits per heavy atom. The Kier molecular flexibility index (Phi) is 11.8. The molecular formula is C12H9Cl3NO4V-3. The molecule has 0 saturated carbocycles. The Labute approximate surface area is 151 Å². The molecule has 0 bridgehead atoms. The fourth-order valence-corrected chi connectivity index (χ4v) is 1.78. The summed E-state index contributed by atoms with van der Waals surface area (Å²) in [4.78, 5) is 21.5. The molecule has 1 radical (unpaired) electrons. The van der Waals surface area contributed by atoms with Crippen LogP contribution < -0.4 is 37.2 Å². The smallest absolute Gasteiger partial charge is 0.280 e. The molecule has 1 N–H and O–H groups in total. The monoisotopic (exact) mass is 387 g/mol. The van der Waals surface area contributed by atoms with Gasteiger partial charge in [-0.2, -0.15) is 0 Å². The summed E-state index contributed by atoms with van der Waals surface area (Å²) in [7, 11) is 0. The number of halogens is 3. The Balaban J connectivity index is -0.000000810. The minimum absolute atomic E-state index is 0. The minimum atomic E-state index is -0.577. The number of rotatable bonds is 2. The second kappa shape index (κ2) is 9.87. The SMILES string of the molecule is CC(=O)c1ccc2cccc([N+](=O)[O-])c2c1O.[Cl-].[Cl-].[Cl-].[V]. The molecule has 115 valence electrons. The average molecular weight is 389 g/mol. The number of nitrogens with zero attached hydrogens (tertiary/aromatic N) is 1. The number of hydrogen-bond donors (Lipinski definition) is 1. The fraction of sp³-hybridized carbons (Fsp3) is 0.0833. The van der Waals surface area contributed by atoms with Gasteiger partial charge in [0.15, 0.2) is 5.78 Å². The van der Waals surface area contributed by atoms with E-state index in [4.69, 9.17) is 0 Å². The summed E-state index contributed by atoms with van der Waals surface area (Å²) in [5, 5.41) is 21.4. The van der Waals surface area contributed by atoms with Gasteiger partial charge in [0.05, 0.1) is 10.5 Å². The molecule has 2 aromatic carbocycles.